The molecule has 13 heavy (non-hydrogen) atoms. The zero-order chi connectivity index (χ0) is 9.40. The summed E-state index contributed by atoms with van der Waals surface area (Å²) in [5.41, 5.74) is 1.41. The second kappa shape index (κ2) is 8.69. The van der Waals surface area contributed by atoms with E-state index in [9.17, 15) is 0 Å². The maximum atomic E-state index is 8.12. The van der Waals surface area contributed by atoms with Crippen molar-refractivity contribution in [1.29, 1.82) is 0 Å². The highest BCUT2D eigenvalue weighted by Gasteiger charge is 1.93. The maximum absolute atomic E-state index is 8.12. The summed E-state index contributed by atoms with van der Waals surface area (Å²) < 4.78 is 0. The quantitative estimate of drug-likeness (QED) is 0.666. The van der Waals surface area contributed by atoms with Gasteiger partial charge in [-0.2, -0.15) is 9.59 Å². The average molecular weight is 180 g/mol. The minimum Gasteiger partial charge on any atom is -0.186 e. The summed E-state index contributed by atoms with van der Waals surface area (Å²) in [6, 6.07) is 10.5. The van der Waals surface area contributed by atoms with Crippen LogP contribution in [0.2, 0.25) is 0 Å². The van der Waals surface area contributed by atoms with E-state index in [0.29, 0.717) is 5.92 Å². The Morgan fingerprint density at radius 2 is 1.46 bits per heavy atom. The second-order valence-corrected chi connectivity index (χ2v) is 2.65. The van der Waals surface area contributed by atoms with Crippen LogP contribution in [0.4, 0.5) is 0 Å². The van der Waals surface area contributed by atoms with Crippen LogP contribution in [0.3, 0.4) is 0 Å². The molecule has 1 aromatic carbocycles. The van der Waals surface area contributed by atoms with Crippen LogP contribution in [0.25, 0.3) is 0 Å². The molecule has 1 rings (SSSR count). The minimum absolute atomic E-state index is 0. The molecule has 0 radical (unpaired) electrons. The molecule has 0 N–H and O–H groups in total. The van der Waals surface area contributed by atoms with E-state index in [1.165, 1.54) is 5.56 Å². The lowest BCUT2D eigenvalue weighted by Gasteiger charge is -2.01. The van der Waals surface area contributed by atoms with E-state index in [1.54, 1.807) is 0 Å². The van der Waals surface area contributed by atoms with Gasteiger partial charge in [-0.1, -0.05) is 51.6 Å². The molecule has 0 aliphatic rings. The van der Waals surface area contributed by atoms with Crippen LogP contribution in [0.1, 0.15) is 32.8 Å². The number of rotatable bonds is 1. The third kappa shape index (κ3) is 6.98. The highest BCUT2D eigenvalue weighted by Crippen LogP contribution is 2.11. The monoisotopic (exact) mass is 180 g/mol. The van der Waals surface area contributed by atoms with Gasteiger partial charge in [0, 0.05) is 0 Å². The van der Waals surface area contributed by atoms with Crippen LogP contribution in [0.5, 0.6) is 0 Å². The third-order valence-electron chi connectivity index (χ3n) is 1.47. The van der Waals surface area contributed by atoms with Gasteiger partial charge >= 0.3 is 6.15 Å². The fourth-order valence-corrected chi connectivity index (χ4v) is 0.838. The zero-order valence-corrected chi connectivity index (χ0v) is 7.28. The molecule has 0 fully saturated rings. The van der Waals surface area contributed by atoms with Gasteiger partial charge in [0.2, 0.25) is 0 Å². The number of carbonyl (C=O) groups excluding carboxylic acids is 2. The summed E-state index contributed by atoms with van der Waals surface area (Å²) in [7, 11) is 0. The lowest BCUT2D eigenvalue weighted by molar-refractivity contribution is -0.191. The van der Waals surface area contributed by atoms with Gasteiger partial charge < -0.3 is 0 Å². The molecule has 0 heterocycles. The molecular formula is C11H16O2. The van der Waals surface area contributed by atoms with Crippen molar-refractivity contribution in [3.63, 3.8) is 0 Å². The zero-order valence-electron chi connectivity index (χ0n) is 7.28. The molecule has 0 amide bonds. The molecule has 0 saturated carbocycles. The number of benzene rings is 1. The van der Waals surface area contributed by atoms with E-state index < -0.39 is 0 Å². The van der Waals surface area contributed by atoms with Gasteiger partial charge in [0.1, 0.15) is 0 Å². The highest BCUT2D eigenvalue weighted by atomic mass is 16.2. The van der Waals surface area contributed by atoms with Crippen molar-refractivity contribution < 1.29 is 9.59 Å². The molecule has 0 atom stereocenters. The maximum Gasteiger partial charge on any atom is 0.373 e. The third-order valence-corrected chi connectivity index (χ3v) is 1.47. The summed E-state index contributed by atoms with van der Waals surface area (Å²) in [4.78, 5) is 16.2. The van der Waals surface area contributed by atoms with Gasteiger partial charge in [0.25, 0.3) is 0 Å². The summed E-state index contributed by atoms with van der Waals surface area (Å²) in [6.07, 6.45) is 0.250. The first kappa shape index (κ1) is 14.1. The normalized spacial score (nSPS) is 7.62. The Hall–Kier alpha value is -1.40. The van der Waals surface area contributed by atoms with Gasteiger partial charge in [-0.25, -0.2) is 0 Å². The van der Waals surface area contributed by atoms with Crippen LogP contribution < -0.4 is 0 Å². The molecule has 0 unspecified atom stereocenters. The second-order valence-electron chi connectivity index (χ2n) is 2.65. The fourth-order valence-electron chi connectivity index (χ4n) is 0.838. The minimum atomic E-state index is 0. The van der Waals surface area contributed by atoms with E-state index in [2.05, 4.69) is 38.1 Å². The molecule has 0 spiro atoms. The van der Waals surface area contributed by atoms with Crippen molar-refractivity contribution in [2.24, 2.45) is 0 Å². The SMILES string of the molecule is C.CC(C)c1ccccc1.O=C=O. The molecule has 2 nitrogen and oxygen atoms in total. The van der Waals surface area contributed by atoms with Crippen molar-refractivity contribution in [2.45, 2.75) is 27.2 Å². The average Bonchev–Trinajstić information content (AvgIpc) is 2.07. The molecule has 1 aromatic rings. The molecule has 0 aliphatic heterocycles. The summed E-state index contributed by atoms with van der Waals surface area (Å²) in [6.45, 7) is 4.41. The Morgan fingerprint density at radius 1 is 1.08 bits per heavy atom. The summed E-state index contributed by atoms with van der Waals surface area (Å²) >= 11 is 0. The summed E-state index contributed by atoms with van der Waals surface area (Å²) in [5, 5.41) is 0. The Kier molecular flexibility index (Phi) is 9.46. The molecule has 0 aromatic heterocycles. The van der Waals surface area contributed by atoms with Gasteiger partial charge in [-0.05, 0) is 11.5 Å². The molecule has 2 heteroatoms. The molecular weight excluding hydrogens is 164 g/mol. The standard InChI is InChI=1S/C9H12.CO2.CH4/c1-8(2)9-6-4-3-5-7-9;2-1-3;/h3-8H,1-2H3;;1H4. The van der Waals surface area contributed by atoms with Crippen LogP contribution in [-0.4, -0.2) is 6.15 Å². The topological polar surface area (TPSA) is 34.1 Å². The van der Waals surface area contributed by atoms with Gasteiger partial charge in [0.15, 0.2) is 0 Å². The van der Waals surface area contributed by atoms with Crippen LogP contribution in [0, 0.1) is 0 Å². The first-order valence-electron chi connectivity index (χ1n) is 3.76. The van der Waals surface area contributed by atoms with Crippen molar-refractivity contribution in [3.05, 3.63) is 35.9 Å². The highest BCUT2D eigenvalue weighted by molar-refractivity contribution is 5.20. The molecule has 0 saturated heterocycles. The molecule has 72 valence electrons. The van der Waals surface area contributed by atoms with Crippen LogP contribution in [0.15, 0.2) is 30.3 Å². The lowest BCUT2D eigenvalue weighted by Crippen LogP contribution is -1.83. The van der Waals surface area contributed by atoms with Crippen molar-refractivity contribution in [3.8, 4) is 0 Å². The predicted octanol–water partition coefficient (Wildman–Crippen LogP) is 2.86. The molecule has 0 aliphatic carbocycles. The van der Waals surface area contributed by atoms with E-state index >= 15 is 0 Å². The Morgan fingerprint density at radius 3 is 1.69 bits per heavy atom. The predicted molar refractivity (Wildman–Crippen MR) is 52.3 cm³/mol. The lowest BCUT2D eigenvalue weighted by atomic mass is 10.0. The summed E-state index contributed by atoms with van der Waals surface area (Å²) in [5.74, 6) is 0.659. The van der Waals surface area contributed by atoms with E-state index in [0.717, 1.165) is 0 Å². The van der Waals surface area contributed by atoms with Crippen molar-refractivity contribution in [2.75, 3.05) is 0 Å². The number of hydrogen-bond donors (Lipinski definition) is 0. The largest absolute Gasteiger partial charge is 0.373 e. The van der Waals surface area contributed by atoms with Crippen LogP contribution >= 0.6 is 0 Å². The number of hydrogen-bond acceptors (Lipinski definition) is 2. The smallest absolute Gasteiger partial charge is 0.186 e. The van der Waals surface area contributed by atoms with Gasteiger partial charge in [0.05, 0.1) is 0 Å². The van der Waals surface area contributed by atoms with Gasteiger partial charge in [-0.3, -0.25) is 0 Å². The van der Waals surface area contributed by atoms with E-state index in [4.69, 9.17) is 9.59 Å². The van der Waals surface area contributed by atoms with Crippen LogP contribution in [-0.2, 0) is 9.59 Å². The van der Waals surface area contributed by atoms with E-state index in [1.807, 2.05) is 6.07 Å². The Labute approximate surface area is 79.6 Å². The Balaban J connectivity index is 0. The fraction of sp³-hybridized carbons (Fsp3) is 0.364. The Bertz CT molecular complexity index is 234. The van der Waals surface area contributed by atoms with Crippen molar-refractivity contribution in [1.82, 2.24) is 0 Å². The van der Waals surface area contributed by atoms with Gasteiger partial charge in [-0.15, -0.1) is 0 Å². The van der Waals surface area contributed by atoms with Crippen molar-refractivity contribution >= 4 is 6.15 Å². The molecule has 0 bridgehead atoms. The first-order valence-corrected chi connectivity index (χ1v) is 3.76. The first-order chi connectivity index (χ1) is 5.72. The van der Waals surface area contributed by atoms with E-state index in [-0.39, 0.29) is 13.6 Å².